The molecule has 0 unspecified atom stereocenters. The van der Waals surface area contributed by atoms with E-state index in [2.05, 4.69) is 15.3 Å². The molecule has 5 nitrogen and oxygen atoms in total. The SMILES string of the molecule is Cc1ccc2c(Nc3ccc(C(F)(F)F)cc3)c(C(=O)N3CCCC[C@H]3C)cnc2n1. The Morgan fingerprint density at radius 3 is 2.55 bits per heavy atom. The number of pyridine rings is 2. The second kappa shape index (κ2) is 8.17. The van der Waals surface area contributed by atoms with Crippen LogP contribution in [0.1, 0.15) is 47.8 Å². The average molecular weight is 428 g/mol. The summed E-state index contributed by atoms with van der Waals surface area (Å²) in [6.45, 7) is 4.54. The van der Waals surface area contributed by atoms with Crippen molar-refractivity contribution in [1.29, 1.82) is 0 Å². The van der Waals surface area contributed by atoms with E-state index in [0.29, 0.717) is 34.5 Å². The number of halogens is 3. The van der Waals surface area contributed by atoms with Gasteiger partial charge in [-0.25, -0.2) is 9.97 Å². The molecule has 0 bridgehead atoms. The molecule has 0 saturated carbocycles. The molecule has 4 rings (SSSR count). The van der Waals surface area contributed by atoms with Gasteiger partial charge in [0.15, 0.2) is 5.65 Å². The molecule has 1 aliphatic rings. The minimum atomic E-state index is -4.41. The van der Waals surface area contributed by atoms with Gasteiger partial charge in [0.25, 0.3) is 5.91 Å². The van der Waals surface area contributed by atoms with Gasteiger partial charge in [0, 0.05) is 35.6 Å². The summed E-state index contributed by atoms with van der Waals surface area (Å²) in [4.78, 5) is 24.0. The van der Waals surface area contributed by atoms with E-state index in [1.54, 1.807) is 0 Å². The van der Waals surface area contributed by atoms with E-state index in [1.807, 2.05) is 30.9 Å². The number of nitrogens with zero attached hydrogens (tertiary/aromatic N) is 3. The first-order valence-corrected chi connectivity index (χ1v) is 10.3. The Morgan fingerprint density at radius 1 is 1.13 bits per heavy atom. The lowest BCUT2D eigenvalue weighted by molar-refractivity contribution is -0.137. The zero-order valence-corrected chi connectivity index (χ0v) is 17.3. The molecule has 1 saturated heterocycles. The quantitative estimate of drug-likeness (QED) is 0.580. The standard InChI is InChI=1S/C23H23F3N4O/c1-14-6-11-18-20(29-17-9-7-16(8-10-17)23(24,25)26)19(13-27-21(18)28-14)22(31)30-12-4-3-5-15(30)2/h6-11,13,15H,3-5,12H2,1-2H3,(H,27,28,29)/t15-/m1/s1. The fourth-order valence-electron chi connectivity index (χ4n) is 3.91. The summed E-state index contributed by atoms with van der Waals surface area (Å²) in [5.74, 6) is -0.142. The number of carbonyl (C=O) groups excluding carboxylic acids is 1. The molecule has 1 atom stereocenters. The lowest BCUT2D eigenvalue weighted by Crippen LogP contribution is -2.42. The van der Waals surface area contributed by atoms with Crippen molar-refractivity contribution in [3.63, 3.8) is 0 Å². The van der Waals surface area contributed by atoms with Crippen LogP contribution in [0.2, 0.25) is 0 Å². The van der Waals surface area contributed by atoms with Crippen LogP contribution < -0.4 is 5.32 Å². The fourth-order valence-corrected chi connectivity index (χ4v) is 3.91. The van der Waals surface area contributed by atoms with E-state index in [4.69, 9.17) is 0 Å². The van der Waals surface area contributed by atoms with E-state index >= 15 is 0 Å². The van der Waals surface area contributed by atoms with Crippen LogP contribution in [0, 0.1) is 6.92 Å². The summed E-state index contributed by atoms with van der Waals surface area (Å²) in [6, 6.07) is 8.51. The predicted octanol–water partition coefficient (Wildman–Crippen LogP) is 5.72. The Labute approximate surface area is 178 Å². The molecule has 2 aromatic heterocycles. The Morgan fingerprint density at radius 2 is 1.87 bits per heavy atom. The largest absolute Gasteiger partial charge is 0.416 e. The number of nitrogens with one attached hydrogen (secondary N) is 1. The number of piperidine rings is 1. The second-order valence-corrected chi connectivity index (χ2v) is 7.91. The topological polar surface area (TPSA) is 58.1 Å². The lowest BCUT2D eigenvalue weighted by Gasteiger charge is -2.34. The normalized spacial score (nSPS) is 17.1. The third-order valence-corrected chi connectivity index (χ3v) is 5.64. The number of amides is 1. The minimum Gasteiger partial charge on any atom is -0.354 e. The van der Waals surface area contributed by atoms with Gasteiger partial charge in [-0.05, 0) is 69.5 Å². The maximum Gasteiger partial charge on any atom is 0.416 e. The first-order chi connectivity index (χ1) is 14.7. The van der Waals surface area contributed by atoms with Crippen molar-refractivity contribution in [2.75, 3.05) is 11.9 Å². The third-order valence-electron chi connectivity index (χ3n) is 5.64. The molecule has 1 aliphatic heterocycles. The van der Waals surface area contributed by atoms with Crippen molar-refractivity contribution in [1.82, 2.24) is 14.9 Å². The van der Waals surface area contributed by atoms with E-state index in [1.165, 1.54) is 18.3 Å². The van der Waals surface area contributed by atoms with E-state index < -0.39 is 11.7 Å². The number of aryl methyl sites for hydroxylation is 1. The molecular formula is C23H23F3N4O. The first-order valence-electron chi connectivity index (χ1n) is 10.3. The second-order valence-electron chi connectivity index (χ2n) is 7.91. The predicted molar refractivity (Wildman–Crippen MR) is 113 cm³/mol. The van der Waals surface area contributed by atoms with Gasteiger partial charge < -0.3 is 10.2 Å². The Bertz CT molecular complexity index is 1110. The molecule has 1 aromatic carbocycles. The van der Waals surface area contributed by atoms with E-state index in [0.717, 1.165) is 37.1 Å². The van der Waals surface area contributed by atoms with Crippen LogP contribution in [0.4, 0.5) is 24.5 Å². The number of rotatable bonds is 3. The van der Waals surface area contributed by atoms with Crippen LogP contribution in [-0.4, -0.2) is 33.4 Å². The van der Waals surface area contributed by atoms with Crippen LogP contribution in [0.25, 0.3) is 11.0 Å². The van der Waals surface area contributed by atoms with Crippen molar-refractivity contribution < 1.29 is 18.0 Å². The fraction of sp³-hybridized carbons (Fsp3) is 0.348. The van der Waals surface area contributed by atoms with E-state index in [9.17, 15) is 18.0 Å². The highest BCUT2D eigenvalue weighted by molar-refractivity contribution is 6.07. The number of benzene rings is 1. The number of hydrogen-bond donors (Lipinski definition) is 1. The van der Waals surface area contributed by atoms with Gasteiger partial charge in [-0.15, -0.1) is 0 Å². The summed E-state index contributed by atoms with van der Waals surface area (Å²) in [5, 5.41) is 3.79. The van der Waals surface area contributed by atoms with Crippen LogP contribution in [0.5, 0.6) is 0 Å². The molecule has 1 amide bonds. The van der Waals surface area contributed by atoms with Crippen molar-refractivity contribution in [2.24, 2.45) is 0 Å². The van der Waals surface area contributed by atoms with Gasteiger partial charge in [-0.3, -0.25) is 4.79 Å². The molecule has 3 aromatic rings. The summed E-state index contributed by atoms with van der Waals surface area (Å²) < 4.78 is 38.8. The third kappa shape index (κ3) is 4.33. The maximum absolute atomic E-state index is 13.4. The van der Waals surface area contributed by atoms with Gasteiger partial charge in [0.2, 0.25) is 0 Å². The highest BCUT2D eigenvalue weighted by Crippen LogP contribution is 2.33. The van der Waals surface area contributed by atoms with Crippen LogP contribution in [0.3, 0.4) is 0 Å². The molecule has 0 aliphatic carbocycles. The summed E-state index contributed by atoms with van der Waals surface area (Å²) in [6.07, 6.45) is 0.0646. The Kier molecular flexibility index (Phi) is 5.56. The number of anilines is 2. The van der Waals surface area contributed by atoms with Gasteiger partial charge >= 0.3 is 6.18 Å². The number of aromatic nitrogens is 2. The summed E-state index contributed by atoms with van der Waals surface area (Å²) in [5.41, 5.74) is 1.85. The minimum absolute atomic E-state index is 0.118. The van der Waals surface area contributed by atoms with Crippen molar-refractivity contribution in [3.8, 4) is 0 Å². The van der Waals surface area contributed by atoms with Crippen LogP contribution >= 0.6 is 0 Å². The zero-order chi connectivity index (χ0) is 22.2. The molecule has 8 heteroatoms. The number of likely N-dealkylation sites (tertiary alicyclic amines) is 1. The molecule has 1 N–H and O–H groups in total. The molecule has 0 radical (unpaired) electrons. The number of carbonyl (C=O) groups is 1. The van der Waals surface area contributed by atoms with Gasteiger partial charge in [0.05, 0.1) is 16.8 Å². The van der Waals surface area contributed by atoms with Crippen LogP contribution in [-0.2, 0) is 6.18 Å². The molecular weight excluding hydrogens is 405 g/mol. The van der Waals surface area contributed by atoms with E-state index in [-0.39, 0.29) is 11.9 Å². The van der Waals surface area contributed by atoms with Crippen molar-refractivity contribution >= 4 is 28.3 Å². The number of fused-ring (bicyclic) bond motifs is 1. The van der Waals surface area contributed by atoms with Crippen LogP contribution in [0.15, 0.2) is 42.6 Å². The molecule has 0 spiro atoms. The monoisotopic (exact) mass is 428 g/mol. The van der Waals surface area contributed by atoms with Gasteiger partial charge in [-0.1, -0.05) is 0 Å². The summed E-state index contributed by atoms with van der Waals surface area (Å²) in [7, 11) is 0. The van der Waals surface area contributed by atoms with Gasteiger partial charge in [0.1, 0.15) is 0 Å². The van der Waals surface area contributed by atoms with Gasteiger partial charge in [-0.2, -0.15) is 13.2 Å². The van der Waals surface area contributed by atoms with Crippen molar-refractivity contribution in [2.45, 2.75) is 45.3 Å². The highest BCUT2D eigenvalue weighted by Gasteiger charge is 2.30. The molecule has 3 heterocycles. The molecule has 1 fully saturated rings. The Hall–Kier alpha value is -3.16. The maximum atomic E-state index is 13.4. The highest BCUT2D eigenvalue weighted by atomic mass is 19.4. The average Bonchev–Trinajstić information content (AvgIpc) is 2.73. The first kappa shape index (κ1) is 21.1. The van der Waals surface area contributed by atoms with Crippen molar-refractivity contribution in [3.05, 3.63) is 59.4 Å². The zero-order valence-electron chi connectivity index (χ0n) is 17.3. The Balaban J connectivity index is 1.77. The molecule has 31 heavy (non-hydrogen) atoms. The number of hydrogen-bond acceptors (Lipinski definition) is 4. The summed E-state index contributed by atoms with van der Waals surface area (Å²) >= 11 is 0. The lowest BCUT2D eigenvalue weighted by atomic mass is 10.0. The smallest absolute Gasteiger partial charge is 0.354 e. The molecule has 162 valence electrons. The number of alkyl halides is 3.